The Morgan fingerprint density at radius 3 is 2.62 bits per heavy atom. The van der Waals surface area contributed by atoms with Crippen LogP contribution in [0.25, 0.3) is 0 Å². The number of rotatable bonds is 4. The highest BCUT2D eigenvalue weighted by atomic mass is 19.4. The second kappa shape index (κ2) is 8.10. The van der Waals surface area contributed by atoms with Gasteiger partial charge in [-0.15, -0.1) is 0 Å². The van der Waals surface area contributed by atoms with Crippen molar-refractivity contribution in [2.24, 2.45) is 0 Å². The van der Waals surface area contributed by atoms with E-state index < -0.39 is 42.3 Å². The smallest absolute Gasteiger partial charge is 0.417 e. The van der Waals surface area contributed by atoms with Crippen LogP contribution in [0.1, 0.15) is 24.5 Å². The van der Waals surface area contributed by atoms with Crippen LogP contribution in [-0.2, 0) is 33.5 Å². The lowest BCUT2D eigenvalue weighted by atomic mass is 9.96. The summed E-state index contributed by atoms with van der Waals surface area (Å²) in [5, 5.41) is 0. The third-order valence-electron chi connectivity index (χ3n) is 4.76. The maximum absolute atomic E-state index is 12.8. The molecule has 154 valence electrons. The fourth-order valence-corrected chi connectivity index (χ4v) is 3.29. The number of fused-ring (bicyclic) bond motifs is 1. The summed E-state index contributed by atoms with van der Waals surface area (Å²) in [6.07, 6.45) is -2.50. The van der Waals surface area contributed by atoms with Gasteiger partial charge in [0.15, 0.2) is 6.61 Å². The van der Waals surface area contributed by atoms with Gasteiger partial charge in [0.05, 0.1) is 5.56 Å². The minimum absolute atomic E-state index is 0.0813. The number of halogens is 3. The average Bonchev–Trinajstić information content (AvgIpc) is 2.67. The standard InChI is InChI=1S/C20H19F3N2O4/c1-13-6-7-14-4-2-3-5-16(14)25(13)18(27)12-29-19(28)11-24-10-15(20(21,22)23)8-9-17(24)26/h2-5,8-10,13H,6-7,11-12H2,1H3. The molecule has 0 saturated heterocycles. The molecule has 1 amide bonds. The monoisotopic (exact) mass is 408 g/mol. The quantitative estimate of drug-likeness (QED) is 0.730. The Morgan fingerprint density at radius 2 is 1.90 bits per heavy atom. The Bertz CT molecular complexity index is 984. The number of para-hydroxylation sites is 1. The Morgan fingerprint density at radius 1 is 1.17 bits per heavy atom. The van der Waals surface area contributed by atoms with E-state index in [2.05, 4.69) is 0 Å². The summed E-state index contributed by atoms with van der Waals surface area (Å²) >= 11 is 0. The minimum atomic E-state index is -4.65. The number of ether oxygens (including phenoxy) is 1. The number of benzene rings is 1. The van der Waals surface area contributed by atoms with Crippen LogP contribution >= 0.6 is 0 Å². The van der Waals surface area contributed by atoms with Crippen molar-refractivity contribution < 1.29 is 27.5 Å². The highest BCUT2D eigenvalue weighted by molar-refractivity contribution is 5.96. The van der Waals surface area contributed by atoms with Crippen molar-refractivity contribution in [3.05, 3.63) is 64.1 Å². The van der Waals surface area contributed by atoms with Gasteiger partial charge in [0, 0.05) is 24.0 Å². The van der Waals surface area contributed by atoms with Crippen LogP contribution < -0.4 is 10.5 Å². The second-order valence-corrected chi connectivity index (χ2v) is 6.82. The van der Waals surface area contributed by atoms with Gasteiger partial charge in [0.2, 0.25) is 0 Å². The zero-order chi connectivity index (χ0) is 21.2. The average molecular weight is 408 g/mol. The van der Waals surface area contributed by atoms with Crippen molar-refractivity contribution in [1.82, 2.24) is 4.57 Å². The lowest BCUT2D eigenvalue weighted by molar-refractivity contribution is -0.149. The van der Waals surface area contributed by atoms with E-state index in [0.717, 1.165) is 30.2 Å². The number of alkyl halides is 3. The van der Waals surface area contributed by atoms with Crippen LogP contribution in [0.2, 0.25) is 0 Å². The van der Waals surface area contributed by atoms with Gasteiger partial charge in [0.25, 0.3) is 11.5 Å². The first kappa shape index (κ1) is 20.6. The molecule has 2 heterocycles. The molecule has 0 aliphatic carbocycles. The molecule has 1 atom stereocenters. The molecular weight excluding hydrogens is 389 g/mol. The van der Waals surface area contributed by atoms with Crippen molar-refractivity contribution in [2.75, 3.05) is 11.5 Å². The van der Waals surface area contributed by atoms with Crippen molar-refractivity contribution in [2.45, 2.75) is 38.5 Å². The van der Waals surface area contributed by atoms with E-state index in [1.165, 1.54) is 0 Å². The number of hydrogen-bond acceptors (Lipinski definition) is 4. The zero-order valence-electron chi connectivity index (χ0n) is 15.6. The number of hydrogen-bond donors (Lipinski definition) is 0. The van der Waals surface area contributed by atoms with Gasteiger partial charge in [-0.1, -0.05) is 18.2 Å². The Labute approximate surface area is 164 Å². The number of esters is 1. The summed E-state index contributed by atoms with van der Waals surface area (Å²) in [6, 6.07) is 8.71. The number of aryl methyl sites for hydroxylation is 1. The Balaban J connectivity index is 1.66. The van der Waals surface area contributed by atoms with Crippen LogP contribution in [-0.4, -0.2) is 29.1 Å². The molecule has 0 radical (unpaired) electrons. The van der Waals surface area contributed by atoms with Crippen LogP contribution in [0, 0.1) is 0 Å². The molecule has 1 aromatic heterocycles. The van der Waals surface area contributed by atoms with Crippen molar-refractivity contribution in [3.63, 3.8) is 0 Å². The highest BCUT2D eigenvalue weighted by Gasteiger charge is 2.31. The summed E-state index contributed by atoms with van der Waals surface area (Å²) in [5.74, 6) is -1.41. The first-order valence-corrected chi connectivity index (χ1v) is 9.00. The predicted molar refractivity (Wildman–Crippen MR) is 98.4 cm³/mol. The second-order valence-electron chi connectivity index (χ2n) is 6.82. The molecule has 0 saturated carbocycles. The molecule has 9 heteroatoms. The van der Waals surface area contributed by atoms with Gasteiger partial charge in [-0.3, -0.25) is 14.4 Å². The van der Waals surface area contributed by atoms with E-state index in [0.29, 0.717) is 16.8 Å². The summed E-state index contributed by atoms with van der Waals surface area (Å²) in [4.78, 5) is 37.9. The number of carbonyl (C=O) groups excluding carboxylic acids is 2. The SMILES string of the molecule is CC1CCc2ccccc2N1C(=O)COC(=O)Cn1cc(C(F)(F)F)ccc1=O. The maximum Gasteiger partial charge on any atom is 0.417 e. The number of carbonyl (C=O) groups is 2. The molecule has 0 spiro atoms. The minimum Gasteiger partial charge on any atom is -0.454 e. The van der Waals surface area contributed by atoms with E-state index in [-0.39, 0.29) is 6.04 Å². The van der Waals surface area contributed by atoms with Crippen molar-refractivity contribution in [3.8, 4) is 0 Å². The molecule has 29 heavy (non-hydrogen) atoms. The van der Waals surface area contributed by atoms with Crippen LogP contribution in [0.4, 0.5) is 18.9 Å². The third-order valence-corrected chi connectivity index (χ3v) is 4.76. The van der Waals surface area contributed by atoms with Crippen molar-refractivity contribution in [1.29, 1.82) is 0 Å². The lowest BCUT2D eigenvalue weighted by Crippen LogP contribution is -2.44. The number of aromatic nitrogens is 1. The molecule has 0 bridgehead atoms. The molecule has 2 aromatic rings. The molecular formula is C20H19F3N2O4. The number of anilines is 1. The number of amides is 1. The van der Waals surface area contributed by atoms with Gasteiger partial charge < -0.3 is 14.2 Å². The summed E-state index contributed by atoms with van der Waals surface area (Å²) in [7, 11) is 0. The van der Waals surface area contributed by atoms with Crippen LogP contribution in [0.5, 0.6) is 0 Å². The highest BCUT2D eigenvalue weighted by Crippen LogP contribution is 2.30. The van der Waals surface area contributed by atoms with E-state index in [9.17, 15) is 27.6 Å². The summed E-state index contributed by atoms with van der Waals surface area (Å²) < 4.78 is 43.9. The van der Waals surface area contributed by atoms with E-state index in [1.54, 1.807) is 4.90 Å². The maximum atomic E-state index is 12.8. The fraction of sp³-hybridized carbons (Fsp3) is 0.350. The van der Waals surface area contributed by atoms with E-state index in [4.69, 9.17) is 4.74 Å². The Kier molecular flexibility index (Phi) is 5.76. The number of pyridine rings is 1. The predicted octanol–water partition coefficient (Wildman–Crippen LogP) is 2.78. The summed E-state index contributed by atoms with van der Waals surface area (Å²) in [5.41, 5.74) is -0.0678. The van der Waals surface area contributed by atoms with Crippen molar-refractivity contribution >= 4 is 17.6 Å². The largest absolute Gasteiger partial charge is 0.454 e. The zero-order valence-corrected chi connectivity index (χ0v) is 15.6. The summed E-state index contributed by atoms with van der Waals surface area (Å²) in [6.45, 7) is 0.602. The third kappa shape index (κ3) is 4.67. The first-order chi connectivity index (χ1) is 13.7. The lowest BCUT2D eigenvalue weighted by Gasteiger charge is -2.35. The molecule has 1 aliphatic rings. The van der Waals surface area contributed by atoms with Gasteiger partial charge in [0.1, 0.15) is 6.54 Å². The van der Waals surface area contributed by atoms with Gasteiger partial charge in [-0.25, -0.2) is 0 Å². The van der Waals surface area contributed by atoms with E-state index >= 15 is 0 Å². The van der Waals surface area contributed by atoms with Crippen LogP contribution in [0.3, 0.4) is 0 Å². The topological polar surface area (TPSA) is 68.6 Å². The Hall–Kier alpha value is -3.10. The molecule has 1 aromatic carbocycles. The molecule has 0 fully saturated rings. The van der Waals surface area contributed by atoms with E-state index in [1.807, 2.05) is 31.2 Å². The molecule has 1 unspecified atom stereocenters. The normalized spacial score (nSPS) is 16.3. The number of nitrogens with zero attached hydrogens (tertiary/aromatic N) is 2. The molecule has 3 rings (SSSR count). The fourth-order valence-electron chi connectivity index (χ4n) is 3.29. The van der Waals surface area contributed by atoms with Gasteiger partial charge in [-0.05, 0) is 37.5 Å². The van der Waals surface area contributed by atoms with Crippen LogP contribution in [0.15, 0.2) is 47.4 Å². The first-order valence-electron chi connectivity index (χ1n) is 9.00. The molecule has 0 N–H and O–H groups in total. The van der Waals surface area contributed by atoms with Gasteiger partial charge in [-0.2, -0.15) is 13.2 Å². The molecule has 6 nitrogen and oxygen atoms in total. The molecule has 1 aliphatic heterocycles. The van der Waals surface area contributed by atoms with Gasteiger partial charge >= 0.3 is 12.1 Å².